The number of nitrogens with zero attached hydrogens (tertiary/aromatic N) is 1. The van der Waals surface area contributed by atoms with Crippen LogP contribution in [0.3, 0.4) is 0 Å². The number of nitriles is 1. The molecule has 0 fully saturated rings. The van der Waals surface area contributed by atoms with E-state index in [2.05, 4.69) is 5.32 Å². The van der Waals surface area contributed by atoms with E-state index in [0.717, 1.165) is 5.56 Å². The smallest absolute Gasteiger partial charge is 0.244 e. The summed E-state index contributed by atoms with van der Waals surface area (Å²) in [6, 6.07) is 8.99. The van der Waals surface area contributed by atoms with Gasteiger partial charge in [-0.15, -0.1) is 0 Å². The average Bonchev–Trinajstić information content (AvgIpc) is 2.51. The predicted molar refractivity (Wildman–Crippen MR) is 80.5 cm³/mol. The molecule has 0 spiro atoms. The number of hydrogen-bond donors (Lipinski definition) is 2. The van der Waals surface area contributed by atoms with Crippen LogP contribution in [0.1, 0.15) is 25.3 Å². The monoisotopic (exact) mass is 288 g/mol. The second-order valence-electron chi connectivity index (χ2n) is 4.49. The van der Waals surface area contributed by atoms with Crippen LogP contribution < -0.4 is 10.1 Å². The van der Waals surface area contributed by atoms with E-state index >= 15 is 0 Å². The highest BCUT2D eigenvalue weighted by Crippen LogP contribution is 2.12. The Balaban J connectivity index is 2.38. The number of carbonyl (C=O) groups excluding carboxylic acids is 1. The van der Waals surface area contributed by atoms with Gasteiger partial charge in [0.2, 0.25) is 5.91 Å². The lowest BCUT2D eigenvalue weighted by Crippen LogP contribution is -2.25. The maximum atomic E-state index is 11.6. The highest BCUT2D eigenvalue weighted by molar-refractivity contribution is 5.91. The van der Waals surface area contributed by atoms with Crippen LogP contribution in [0.15, 0.2) is 30.3 Å². The van der Waals surface area contributed by atoms with Gasteiger partial charge in [-0.2, -0.15) is 5.26 Å². The van der Waals surface area contributed by atoms with E-state index in [1.54, 1.807) is 30.3 Å². The lowest BCUT2D eigenvalue weighted by molar-refractivity contribution is -0.116. The van der Waals surface area contributed by atoms with Crippen molar-refractivity contribution in [1.29, 1.82) is 5.26 Å². The largest absolute Gasteiger partial charge is 0.479 e. The van der Waals surface area contributed by atoms with E-state index in [0.29, 0.717) is 25.1 Å². The van der Waals surface area contributed by atoms with Crippen molar-refractivity contribution in [1.82, 2.24) is 5.32 Å². The van der Waals surface area contributed by atoms with Gasteiger partial charge in [-0.3, -0.25) is 4.79 Å². The molecule has 0 bridgehead atoms. The number of rotatable bonds is 8. The fourth-order valence-electron chi connectivity index (χ4n) is 1.59. The van der Waals surface area contributed by atoms with Crippen LogP contribution in [-0.4, -0.2) is 30.3 Å². The van der Waals surface area contributed by atoms with E-state index in [1.807, 2.05) is 13.0 Å². The molecule has 0 saturated carbocycles. The first-order valence-corrected chi connectivity index (χ1v) is 6.89. The van der Waals surface area contributed by atoms with Gasteiger partial charge in [0.25, 0.3) is 0 Å². The fourth-order valence-corrected chi connectivity index (χ4v) is 1.59. The third-order valence-electron chi connectivity index (χ3n) is 2.86. The SMILES string of the molecule is CCC(O)CCNC(=O)/C=C/c1ccc(OCC#N)cc1. The minimum absolute atomic E-state index is 0.0151. The molecule has 1 aromatic carbocycles. The summed E-state index contributed by atoms with van der Waals surface area (Å²) < 4.78 is 5.13. The standard InChI is InChI=1S/C16H20N2O3/c1-2-14(19)9-11-18-16(20)8-5-13-3-6-15(7-4-13)21-12-10-17/h3-8,14,19H,2,9,11-12H2,1H3,(H,18,20)/b8-5+. The van der Waals surface area contributed by atoms with Crippen molar-refractivity contribution >= 4 is 12.0 Å². The molecule has 21 heavy (non-hydrogen) atoms. The Labute approximate surface area is 124 Å². The Morgan fingerprint density at radius 2 is 2.19 bits per heavy atom. The molecule has 1 amide bonds. The molecule has 0 aliphatic rings. The first-order valence-electron chi connectivity index (χ1n) is 6.89. The quantitative estimate of drug-likeness (QED) is 0.715. The van der Waals surface area contributed by atoms with Crippen molar-refractivity contribution in [2.24, 2.45) is 0 Å². The molecule has 5 nitrogen and oxygen atoms in total. The highest BCUT2D eigenvalue weighted by Gasteiger charge is 2.01. The Kier molecular flexibility index (Phi) is 7.62. The summed E-state index contributed by atoms with van der Waals surface area (Å²) in [5.41, 5.74) is 0.864. The van der Waals surface area contributed by atoms with Gasteiger partial charge >= 0.3 is 0 Å². The van der Waals surface area contributed by atoms with Crippen molar-refractivity contribution in [3.05, 3.63) is 35.9 Å². The minimum atomic E-state index is -0.366. The minimum Gasteiger partial charge on any atom is -0.479 e. The van der Waals surface area contributed by atoms with Gasteiger partial charge in [0.15, 0.2) is 6.61 Å². The van der Waals surface area contributed by atoms with Gasteiger partial charge in [0, 0.05) is 12.6 Å². The molecule has 0 aliphatic carbocycles. The van der Waals surface area contributed by atoms with Crippen molar-refractivity contribution < 1.29 is 14.6 Å². The fraction of sp³-hybridized carbons (Fsp3) is 0.375. The molecule has 2 N–H and O–H groups in total. The van der Waals surface area contributed by atoms with Crippen LogP contribution in [0.4, 0.5) is 0 Å². The van der Waals surface area contributed by atoms with Gasteiger partial charge in [0.1, 0.15) is 11.8 Å². The van der Waals surface area contributed by atoms with Crippen LogP contribution >= 0.6 is 0 Å². The second kappa shape index (κ2) is 9.56. The molecule has 0 radical (unpaired) electrons. The molecule has 112 valence electrons. The number of aliphatic hydroxyl groups excluding tert-OH is 1. The number of ether oxygens (including phenoxy) is 1. The Bertz CT molecular complexity index is 503. The summed E-state index contributed by atoms with van der Waals surface area (Å²) in [6.45, 7) is 2.37. The number of benzene rings is 1. The topological polar surface area (TPSA) is 82.3 Å². The van der Waals surface area contributed by atoms with Gasteiger partial charge < -0.3 is 15.2 Å². The maximum absolute atomic E-state index is 11.6. The Morgan fingerprint density at radius 1 is 1.48 bits per heavy atom. The first kappa shape index (κ1) is 16.7. The lowest BCUT2D eigenvalue weighted by Gasteiger charge is -2.07. The summed E-state index contributed by atoms with van der Waals surface area (Å²) in [4.78, 5) is 11.6. The molecule has 1 rings (SSSR count). The van der Waals surface area contributed by atoms with Crippen LogP contribution in [-0.2, 0) is 4.79 Å². The summed E-state index contributed by atoms with van der Waals surface area (Å²) in [5.74, 6) is 0.426. The molecular weight excluding hydrogens is 268 g/mol. The van der Waals surface area contributed by atoms with Gasteiger partial charge in [-0.25, -0.2) is 0 Å². The Hall–Kier alpha value is -2.32. The van der Waals surface area contributed by atoms with Gasteiger partial charge in [-0.05, 0) is 36.6 Å². The third kappa shape index (κ3) is 7.14. The van der Waals surface area contributed by atoms with Crippen molar-refractivity contribution in [3.63, 3.8) is 0 Å². The van der Waals surface area contributed by atoms with Crippen LogP contribution in [0.25, 0.3) is 6.08 Å². The molecular formula is C16H20N2O3. The van der Waals surface area contributed by atoms with Crippen LogP contribution in [0.5, 0.6) is 5.75 Å². The Morgan fingerprint density at radius 3 is 2.81 bits per heavy atom. The van der Waals surface area contributed by atoms with E-state index in [1.165, 1.54) is 6.08 Å². The third-order valence-corrected chi connectivity index (χ3v) is 2.86. The van der Waals surface area contributed by atoms with Crippen molar-refractivity contribution in [2.75, 3.05) is 13.2 Å². The molecule has 1 aromatic rings. The van der Waals surface area contributed by atoms with E-state index in [4.69, 9.17) is 10.00 Å². The van der Waals surface area contributed by atoms with Gasteiger partial charge in [-0.1, -0.05) is 19.1 Å². The van der Waals surface area contributed by atoms with Gasteiger partial charge in [0.05, 0.1) is 6.10 Å². The molecule has 0 aliphatic heterocycles. The molecule has 0 heterocycles. The zero-order valence-corrected chi connectivity index (χ0v) is 12.1. The molecule has 0 aromatic heterocycles. The average molecular weight is 288 g/mol. The number of hydrogen-bond acceptors (Lipinski definition) is 4. The number of amides is 1. The zero-order chi connectivity index (χ0) is 15.5. The van der Waals surface area contributed by atoms with Crippen LogP contribution in [0, 0.1) is 11.3 Å². The summed E-state index contributed by atoms with van der Waals surface area (Å²) >= 11 is 0. The molecule has 0 saturated heterocycles. The summed E-state index contributed by atoms with van der Waals surface area (Å²) in [6.07, 6.45) is 4.02. The normalized spacial score (nSPS) is 11.9. The predicted octanol–water partition coefficient (Wildman–Crippen LogP) is 1.88. The van der Waals surface area contributed by atoms with E-state index < -0.39 is 0 Å². The second-order valence-corrected chi connectivity index (χ2v) is 4.49. The number of carbonyl (C=O) groups is 1. The zero-order valence-electron chi connectivity index (χ0n) is 12.1. The summed E-state index contributed by atoms with van der Waals surface area (Å²) in [7, 11) is 0. The molecule has 5 heteroatoms. The number of aliphatic hydroxyl groups is 1. The first-order chi connectivity index (χ1) is 10.2. The molecule has 1 unspecified atom stereocenters. The maximum Gasteiger partial charge on any atom is 0.244 e. The summed E-state index contributed by atoms with van der Waals surface area (Å²) in [5, 5.41) is 20.5. The van der Waals surface area contributed by atoms with E-state index in [-0.39, 0.29) is 18.6 Å². The molecule has 1 atom stereocenters. The van der Waals surface area contributed by atoms with Crippen molar-refractivity contribution in [3.8, 4) is 11.8 Å². The number of nitrogens with one attached hydrogen (secondary N) is 1. The highest BCUT2D eigenvalue weighted by atomic mass is 16.5. The lowest BCUT2D eigenvalue weighted by atomic mass is 10.2. The van der Waals surface area contributed by atoms with Crippen molar-refractivity contribution in [2.45, 2.75) is 25.9 Å². The van der Waals surface area contributed by atoms with Crippen LogP contribution in [0.2, 0.25) is 0 Å². The van der Waals surface area contributed by atoms with E-state index in [9.17, 15) is 9.90 Å².